The summed E-state index contributed by atoms with van der Waals surface area (Å²) >= 11 is 0. The molecule has 0 radical (unpaired) electrons. The van der Waals surface area contributed by atoms with Gasteiger partial charge in [0.1, 0.15) is 0 Å². The van der Waals surface area contributed by atoms with Gasteiger partial charge in [-0.05, 0) is 25.1 Å². The fourth-order valence-electron chi connectivity index (χ4n) is 1.36. The molecule has 21 heavy (non-hydrogen) atoms. The van der Waals surface area contributed by atoms with Gasteiger partial charge in [-0.3, -0.25) is 9.52 Å². The molecule has 0 fully saturated rings. The lowest BCUT2D eigenvalue weighted by Gasteiger charge is -2.16. The molecule has 0 unspecified atom stereocenters. The average Bonchev–Trinajstić information content (AvgIpc) is 2.27. The Balaban J connectivity index is 3.28. The van der Waals surface area contributed by atoms with E-state index in [0.717, 1.165) is 12.3 Å². The fraction of sp³-hybridized carbons (Fsp3) is 0.364. The van der Waals surface area contributed by atoms with Crippen LogP contribution in [0.15, 0.2) is 18.2 Å². The van der Waals surface area contributed by atoms with Crippen molar-refractivity contribution in [1.82, 2.24) is 0 Å². The standard InChI is InChI=1S/C11H14F3N3O3S/c1-6(15)10(18)16-9-5-7(11(12,13)14)3-4-8(9)17-21(2,19)20/h3-6,17H,15H2,1-2H3,(H,16,18)/t6-/m0/s1. The molecule has 0 saturated heterocycles. The van der Waals surface area contributed by atoms with E-state index >= 15 is 0 Å². The van der Waals surface area contributed by atoms with Crippen molar-refractivity contribution in [3.8, 4) is 0 Å². The number of nitrogens with two attached hydrogens (primary N) is 1. The highest BCUT2D eigenvalue weighted by Gasteiger charge is 2.31. The van der Waals surface area contributed by atoms with Gasteiger partial charge in [0, 0.05) is 0 Å². The Morgan fingerprint density at radius 2 is 1.86 bits per heavy atom. The van der Waals surface area contributed by atoms with E-state index < -0.39 is 33.7 Å². The molecule has 0 spiro atoms. The van der Waals surface area contributed by atoms with E-state index in [1.807, 2.05) is 4.72 Å². The smallest absolute Gasteiger partial charge is 0.323 e. The van der Waals surface area contributed by atoms with Crippen LogP contribution in [0.2, 0.25) is 0 Å². The molecule has 1 aromatic rings. The number of carbonyl (C=O) groups is 1. The fourth-order valence-corrected chi connectivity index (χ4v) is 1.94. The van der Waals surface area contributed by atoms with Gasteiger partial charge in [0.05, 0.1) is 29.2 Å². The molecule has 118 valence electrons. The van der Waals surface area contributed by atoms with Crippen molar-refractivity contribution in [3.05, 3.63) is 23.8 Å². The summed E-state index contributed by atoms with van der Waals surface area (Å²) in [5.74, 6) is -0.745. The third-order valence-electron chi connectivity index (χ3n) is 2.31. The number of sulfonamides is 1. The zero-order valence-electron chi connectivity index (χ0n) is 11.2. The molecule has 0 bridgehead atoms. The van der Waals surface area contributed by atoms with Crippen molar-refractivity contribution in [2.45, 2.75) is 19.1 Å². The zero-order chi connectivity index (χ0) is 16.4. The maximum Gasteiger partial charge on any atom is 0.416 e. The Kier molecular flexibility index (Phi) is 4.84. The lowest BCUT2D eigenvalue weighted by atomic mass is 10.1. The summed E-state index contributed by atoms with van der Waals surface area (Å²) in [6.45, 7) is 1.34. The quantitative estimate of drug-likeness (QED) is 0.778. The minimum absolute atomic E-state index is 0.181. The number of anilines is 2. The van der Waals surface area contributed by atoms with Gasteiger partial charge in [0.15, 0.2) is 0 Å². The summed E-state index contributed by atoms with van der Waals surface area (Å²) in [5.41, 5.74) is 3.78. The summed E-state index contributed by atoms with van der Waals surface area (Å²) in [6, 6.07) is 1.29. The lowest BCUT2D eigenvalue weighted by molar-refractivity contribution is -0.137. The largest absolute Gasteiger partial charge is 0.416 e. The predicted octanol–water partition coefficient (Wildman–Crippen LogP) is 1.36. The van der Waals surface area contributed by atoms with Crippen molar-refractivity contribution in [2.75, 3.05) is 16.3 Å². The van der Waals surface area contributed by atoms with E-state index in [2.05, 4.69) is 5.32 Å². The molecule has 1 aromatic carbocycles. The van der Waals surface area contributed by atoms with E-state index in [1.54, 1.807) is 0 Å². The first-order valence-corrected chi connectivity index (χ1v) is 7.55. The third-order valence-corrected chi connectivity index (χ3v) is 2.90. The van der Waals surface area contributed by atoms with Crippen LogP contribution in [0.5, 0.6) is 0 Å². The normalized spacial score (nSPS) is 13.6. The molecule has 6 nitrogen and oxygen atoms in total. The second-order valence-electron chi connectivity index (χ2n) is 4.41. The first kappa shape index (κ1) is 17.2. The van der Waals surface area contributed by atoms with Gasteiger partial charge in [-0.15, -0.1) is 0 Å². The Bertz CT molecular complexity index is 642. The molecule has 0 saturated carbocycles. The van der Waals surface area contributed by atoms with Crippen molar-refractivity contribution in [2.24, 2.45) is 5.73 Å². The molecule has 1 amide bonds. The predicted molar refractivity (Wildman–Crippen MR) is 72.2 cm³/mol. The summed E-state index contributed by atoms with van der Waals surface area (Å²) < 4.78 is 62.4. The first-order valence-electron chi connectivity index (χ1n) is 5.65. The van der Waals surface area contributed by atoms with Crippen LogP contribution in [0.4, 0.5) is 24.5 Å². The first-order chi connectivity index (χ1) is 9.40. The van der Waals surface area contributed by atoms with Crippen LogP contribution in [0.25, 0.3) is 0 Å². The van der Waals surface area contributed by atoms with E-state index in [1.165, 1.54) is 6.92 Å². The molecule has 1 rings (SSSR count). The van der Waals surface area contributed by atoms with E-state index in [9.17, 15) is 26.4 Å². The topological polar surface area (TPSA) is 101 Å². The summed E-state index contributed by atoms with van der Waals surface area (Å²) in [4.78, 5) is 11.5. The molecular weight excluding hydrogens is 311 g/mol. The van der Waals surface area contributed by atoms with Gasteiger partial charge >= 0.3 is 6.18 Å². The highest BCUT2D eigenvalue weighted by molar-refractivity contribution is 7.92. The SMILES string of the molecule is C[C@H](N)C(=O)Nc1cc(C(F)(F)F)ccc1NS(C)(=O)=O. The average molecular weight is 325 g/mol. The number of halogens is 3. The number of nitrogens with one attached hydrogen (secondary N) is 2. The van der Waals surface area contributed by atoms with E-state index in [-0.39, 0.29) is 11.4 Å². The van der Waals surface area contributed by atoms with Gasteiger partial charge in [0.25, 0.3) is 0 Å². The lowest BCUT2D eigenvalue weighted by Crippen LogP contribution is -2.33. The Morgan fingerprint density at radius 1 is 1.29 bits per heavy atom. The van der Waals surface area contributed by atoms with Gasteiger partial charge in [-0.2, -0.15) is 13.2 Å². The maximum absolute atomic E-state index is 12.7. The van der Waals surface area contributed by atoms with Crippen molar-refractivity contribution >= 4 is 27.3 Å². The molecule has 0 aliphatic rings. The summed E-state index contributed by atoms with van der Waals surface area (Å²) in [6.07, 6.45) is -3.79. The van der Waals surface area contributed by atoms with Gasteiger partial charge < -0.3 is 11.1 Å². The number of alkyl halides is 3. The van der Waals surface area contributed by atoms with Crippen LogP contribution in [-0.2, 0) is 21.0 Å². The molecule has 0 aliphatic carbocycles. The maximum atomic E-state index is 12.7. The summed E-state index contributed by atoms with van der Waals surface area (Å²) in [7, 11) is -3.72. The number of hydrogen-bond donors (Lipinski definition) is 3. The molecule has 0 aliphatic heterocycles. The third kappa shape index (κ3) is 5.23. The highest BCUT2D eigenvalue weighted by atomic mass is 32.2. The molecule has 4 N–H and O–H groups in total. The van der Waals surface area contributed by atoms with Crippen LogP contribution in [0.3, 0.4) is 0 Å². The number of benzene rings is 1. The Labute approximate surface area is 119 Å². The number of amides is 1. The number of carbonyl (C=O) groups excluding carboxylic acids is 1. The zero-order valence-corrected chi connectivity index (χ0v) is 12.0. The second kappa shape index (κ2) is 5.90. The Morgan fingerprint density at radius 3 is 2.29 bits per heavy atom. The second-order valence-corrected chi connectivity index (χ2v) is 6.16. The molecule has 0 heterocycles. The summed E-state index contributed by atoms with van der Waals surface area (Å²) in [5, 5.41) is 2.15. The number of hydrogen-bond acceptors (Lipinski definition) is 4. The molecule has 1 atom stereocenters. The van der Waals surface area contributed by atoms with Crippen LogP contribution in [0.1, 0.15) is 12.5 Å². The van der Waals surface area contributed by atoms with E-state index in [0.29, 0.717) is 12.1 Å². The molecule has 10 heteroatoms. The molecule has 0 aromatic heterocycles. The minimum Gasteiger partial charge on any atom is -0.323 e. The minimum atomic E-state index is -4.63. The van der Waals surface area contributed by atoms with Gasteiger partial charge in [-0.25, -0.2) is 8.42 Å². The van der Waals surface area contributed by atoms with Crippen molar-refractivity contribution in [1.29, 1.82) is 0 Å². The van der Waals surface area contributed by atoms with Gasteiger partial charge in [0.2, 0.25) is 15.9 Å². The Hall–Kier alpha value is -1.81. The van der Waals surface area contributed by atoms with Crippen LogP contribution in [-0.4, -0.2) is 26.6 Å². The van der Waals surface area contributed by atoms with Crippen molar-refractivity contribution in [3.63, 3.8) is 0 Å². The van der Waals surface area contributed by atoms with Crippen molar-refractivity contribution < 1.29 is 26.4 Å². The van der Waals surface area contributed by atoms with Crippen LogP contribution >= 0.6 is 0 Å². The van der Waals surface area contributed by atoms with Crippen LogP contribution in [0, 0.1) is 0 Å². The number of rotatable bonds is 4. The highest BCUT2D eigenvalue weighted by Crippen LogP contribution is 2.34. The van der Waals surface area contributed by atoms with E-state index in [4.69, 9.17) is 5.73 Å². The van der Waals surface area contributed by atoms with Crippen LogP contribution < -0.4 is 15.8 Å². The van der Waals surface area contributed by atoms with Gasteiger partial charge in [-0.1, -0.05) is 0 Å². The molecular formula is C11H14F3N3O3S. The monoisotopic (exact) mass is 325 g/mol.